The minimum absolute atomic E-state index is 0.0805. The first-order chi connectivity index (χ1) is 12.1. The van der Waals surface area contributed by atoms with Crippen LogP contribution in [0.25, 0.3) is 0 Å². The molecule has 1 aliphatic carbocycles. The van der Waals surface area contributed by atoms with E-state index in [1.807, 2.05) is 18.2 Å². The maximum absolute atomic E-state index is 13.0. The summed E-state index contributed by atoms with van der Waals surface area (Å²) in [7, 11) is 1.77. The Kier molecular flexibility index (Phi) is 3.65. The van der Waals surface area contributed by atoms with Gasteiger partial charge in [-0.05, 0) is 17.7 Å². The highest BCUT2D eigenvalue weighted by Crippen LogP contribution is 2.26. The summed E-state index contributed by atoms with van der Waals surface area (Å²) >= 11 is 0. The standard InChI is InChI=1S/C19H14FN3O2/c1-23-11-21-17-16(22-25-10-12-6-8-13(20)9-7-12)14-4-2-3-5-15(14)19(24)18(17)23/h2-9,11H,10H2,1H3. The summed E-state index contributed by atoms with van der Waals surface area (Å²) in [6.07, 6.45) is 1.59. The number of benzene rings is 2. The van der Waals surface area contributed by atoms with E-state index >= 15 is 0 Å². The first kappa shape index (κ1) is 15.3. The Balaban J connectivity index is 1.70. The SMILES string of the molecule is Cn1cnc2c1C(=O)c1ccccc1C2=NOCc1ccc(F)cc1. The second kappa shape index (κ2) is 5.98. The second-order valence-corrected chi connectivity index (χ2v) is 5.77. The molecule has 0 bridgehead atoms. The number of aromatic nitrogens is 2. The number of oxime groups is 1. The van der Waals surface area contributed by atoms with E-state index in [1.54, 1.807) is 36.1 Å². The zero-order valence-corrected chi connectivity index (χ0v) is 13.4. The van der Waals surface area contributed by atoms with E-state index in [4.69, 9.17) is 4.84 Å². The Morgan fingerprint density at radius 1 is 1.12 bits per heavy atom. The normalized spacial score (nSPS) is 14.3. The topological polar surface area (TPSA) is 56.5 Å². The average molecular weight is 335 g/mol. The molecule has 25 heavy (non-hydrogen) atoms. The van der Waals surface area contributed by atoms with Crippen LogP contribution >= 0.6 is 0 Å². The lowest BCUT2D eigenvalue weighted by Gasteiger charge is -2.17. The number of carbonyl (C=O) groups excluding carboxylic acids is 1. The van der Waals surface area contributed by atoms with Gasteiger partial charge in [-0.25, -0.2) is 9.37 Å². The first-order valence-electron chi connectivity index (χ1n) is 7.75. The summed E-state index contributed by atoms with van der Waals surface area (Å²) in [4.78, 5) is 22.4. The lowest BCUT2D eigenvalue weighted by molar-refractivity contribution is 0.102. The first-order valence-corrected chi connectivity index (χ1v) is 7.75. The third-order valence-electron chi connectivity index (χ3n) is 4.10. The van der Waals surface area contributed by atoms with Crippen molar-refractivity contribution in [1.29, 1.82) is 0 Å². The summed E-state index contributed by atoms with van der Waals surface area (Å²) in [5.41, 5.74) is 3.58. The molecule has 5 nitrogen and oxygen atoms in total. The second-order valence-electron chi connectivity index (χ2n) is 5.77. The van der Waals surface area contributed by atoms with Crippen LogP contribution in [-0.2, 0) is 18.5 Å². The number of carbonyl (C=O) groups is 1. The number of halogens is 1. The molecule has 0 N–H and O–H groups in total. The van der Waals surface area contributed by atoms with E-state index in [0.29, 0.717) is 28.2 Å². The van der Waals surface area contributed by atoms with E-state index in [1.165, 1.54) is 12.1 Å². The predicted molar refractivity (Wildman–Crippen MR) is 89.9 cm³/mol. The minimum atomic E-state index is -0.298. The van der Waals surface area contributed by atoms with Crippen molar-refractivity contribution in [2.24, 2.45) is 12.2 Å². The fourth-order valence-corrected chi connectivity index (χ4v) is 2.86. The summed E-state index contributed by atoms with van der Waals surface area (Å²) in [6, 6.07) is 13.3. The molecule has 0 fully saturated rings. The van der Waals surface area contributed by atoms with Crippen molar-refractivity contribution < 1.29 is 14.0 Å². The van der Waals surface area contributed by atoms with Crippen LogP contribution in [0.15, 0.2) is 60.0 Å². The number of rotatable bonds is 3. The quantitative estimate of drug-likeness (QED) is 0.541. The highest BCUT2D eigenvalue weighted by Gasteiger charge is 2.32. The van der Waals surface area contributed by atoms with Crippen molar-refractivity contribution in [1.82, 2.24) is 9.55 Å². The van der Waals surface area contributed by atoms with E-state index in [0.717, 1.165) is 5.56 Å². The van der Waals surface area contributed by atoms with Gasteiger partial charge in [0.25, 0.3) is 0 Å². The van der Waals surface area contributed by atoms with Gasteiger partial charge < -0.3 is 9.40 Å². The molecule has 0 saturated heterocycles. The van der Waals surface area contributed by atoms with Crippen molar-refractivity contribution in [2.45, 2.75) is 6.61 Å². The zero-order valence-electron chi connectivity index (χ0n) is 13.4. The molecule has 3 aromatic rings. The van der Waals surface area contributed by atoms with Crippen LogP contribution in [0, 0.1) is 5.82 Å². The molecule has 0 saturated carbocycles. The van der Waals surface area contributed by atoms with Crippen LogP contribution in [0.2, 0.25) is 0 Å². The van der Waals surface area contributed by atoms with Crippen LogP contribution in [0.4, 0.5) is 4.39 Å². The lowest BCUT2D eigenvalue weighted by Crippen LogP contribution is -2.23. The Morgan fingerprint density at radius 3 is 2.60 bits per heavy atom. The Labute approximate surface area is 143 Å². The van der Waals surface area contributed by atoms with Gasteiger partial charge in [0.15, 0.2) is 0 Å². The van der Waals surface area contributed by atoms with Gasteiger partial charge in [-0.1, -0.05) is 41.6 Å². The van der Waals surface area contributed by atoms with Crippen LogP contribution in [0.1, 0.15) is 32.9 Å². The van der Waals surface area contributed by atoms with Crippen molar-refractivity contribution in [3.63, 3.8) is 0 Å². The van der Waals surface area contributed by atoms with Gasteiger partial charge in [-0.2, -0.15) is 0 Å². The molecule has 0 radical (unpaired) electrons. The Morgan fingerprint density at radius 2 is 1.84 bits per heavy atom. The van der Waals surface area contributed by atoms with Crippen molar-refractivity contribution in [3.8, 4) is 0 Å². The zero-order chi connectivity index (χ0) is 17.4. The third-order valence-corrected chi connectivity index (χ3v) is 4.10. The summed E-state index contributed by atoms with van der Waals surface area (Å²) in [5.74, 6) is -0.379. The highest BCUT2D eigenvalue weighted by atomic mass is 19.1. The van der Waals surface area contributed by atoms with E-state index in [9.17, 15) is 9.18 Å². The number of hydrogen-bond acceptors (Lipinski definition) is 4. The molecule has 0 amide bonds. The molecular formula is C19H14FN3O2. The van der Waals surface area contributed by atoms with Crippen LogP contribution in [0.3, 0.4) is 0 Å². The van der Waals surface area contributed by atoms with Crippen molar-refractivity contribution in [2.75, 3.05) is 0 Å². The summed E-state index contributed by atoms with van der Waals surface area (Å²) < 4.78 is 14.6. The molecule has 0 unspecified atom stereocenters. The molecule has 0 spiro atoms. The molecule has 0 aliphatic heterocycles. The smallest absolute Gasteiger partial charge is 0.212 e. The van der Waals surface area contributed by atoms with Crippen molar-refractivity contribution >= 4 is 11.5 Å². The molecule has 1 aliphatic rings. The Bertz CT molecular complexity index is 990. The molecule has 1 heterocycles. The lowest BCUT2D eigenvalue weighted by atomic mass is 9.89. The predicted octanol–water partition coefficient (Wildman–Crippen LogP) is 3.07. The fraction of sp³-hybridized carbons (Fsp3) is 0.105. The molecular weight excluding hydrogens is 321 g/mol. The van der Waals surface area contributed by atoms with E-state index in [2.05, 4.69) is 10.1 Å². The molecule has 0 atom stereocenters. The Hall–Kier alpha value is -3.28. The molecule has 124 valence electrons. The highest BCUT2D eigenvalue weighted by molar-refractivity contribution is 6.28. The largest absolute Gasteiger partial charge is 0.390 e. The number of hydrogen-bond donors (Lipinski definition) is 0. The van der Waals surface area contributed by atoms with Crippen LogP contribution in [-0.4, -0.2) is 21.0 Å². The van der Waals surface area contributed by atoms with E-state index in [-0.39, 0.29) is 18.2 Å². The van der Waals surface area contributed by atoms with Gasteiger partial charge in [0.2, 0.25) is 5.78 Å². The maximum Gasteiger partial charge on any atom is 0.212 e. The van der Waals surface area contributed by atoms with Crippen LogP contribution in [0.5, 0.6) is 0 Å². The van der Waals surface area contributed by atoms with Gasteiger partial charge >= 0.3 is 0 Å². The fourth-order valence-electron chi connectivity index (χ4n) is 2.86. The van der Waals surface area contributed by atoms with Gasteiger partial charge in [0.05, 0.1) is 6.33 Å². The average Bonchev–Trinajstić information content (AvgIpc) is 3.01. The monoisotopic (exact) mass is 335 g/mol. The number of nitrogens with zero attached hydrogens (tertiary/aromatic N) is 3. The molecule has 1 aromatic heterocycles. The van der Waals surface area contributed by atoms with Gasteiger partial charge in [0, 0.05) is 18.2 Å². The molecule has 4 rings (SSSR count). The van der Waals surface area contributed by atoms with Gasteiger partial charge in [0.1, 0.15) is 29.5 Å². The minimum Gasteiger partial charge on any atom is -0.390 e. The van der Waals surface area contributed by atoms with Crippen LogP contribution < -0.4 is 0 Å². The maximum atomic E-state index is 13.0. The third kappa shape index (κ3) is 2.61. The van der Waals surface area contributed by atoms with Gasteiger partial charge in [-0.15, -0.1) is 0 Å². The summed E-state index contributed by atoms with van der Waals surface area (Å²) in [5, 5.41) is 4.23. The molecule has 6 heteroatoms. The summed E-state index contributed by atoms with van der Waals surface area (Å²) in [6.45, 7) is 0.196. The van der Waals surface area contributed by atoms with E-state index < -0.39 is 0 Å². The van der Waals surface area contributed by atoms with Crippen molar-refractivity contribution in [3.05, 3.63) is 88.8 Å². The number of ketones is 1. The number of fused-ring (bicyclic) bond motifs is 2. The molecule has 2 aromatic carbocycles. The van der Waals surface area contributed by atoms with Gasteiger partial charge in [-0.3, -0.25) is 4.79 Å². The number of aryl methyl sites for hydroxylation is 1. The number of imidazole rings is 1.